The number of aliphatic hydroxyl groups excluding tert-OH is 1. The Morgan fingerprint density at radius 2 is 1.69 bits per heavy atom. The molecule has 254 valence electrons. The number of fused-ring (bicyclic) bond motifs is 2. The number of β-amino-alcohol motifs (C(OH)–C–C–N with tert-alkyl or cyclic N) is 1. The lowest BCUT2D eigenvalue weighted by molar-refractivity contribution is -0.176. The van der Waals surface area contributed by atoms with Gasteiger partial charge >= 0.3 is 5.69 Å². The average Bonchev–Trinajstić information content (AvgIpc) is 3.73. The van der Waals surface area contributed by atoms with Crippen molar-refractivity contribution in [3.63, 3.8) is 0 Å². The number of likely N-dealkylation sites (tertiary alicyclic amines) is 1. The van der Waals surface area contributed by atoms with Crippen LogP contribution in [0.3, 0.4) is 0 Å². The van der Waals surface area contributed by atoms with Gasteiger partial charge in [0.25, 0.3) is 0 Å². The standard InChI is InChI=1S/C40H49N3O4S/c1-25-8-9-31(48-25)34(45)28-23-38-18-19-40(28)32(36(38,2)15-10-27(44)22-38)11-16-37(3)33(40)12-17-39(37,47)24-42-20-13-26(14-21-42)43-30-7-5-4-6-29(30)41-35(43)46/h4-9,18-19,23,26-27,32-33,44,47H,10-17,20-22,24H2,1-3H3,(H,41,46)/t27?,32-,33-,36-,37+,38+,39-,40-/m1/s1. The highest BCUT2D eigenvalue weighted by atomic mass is 32.1. The number of benzene rings is 1. The minimum atomic E-state index is -0.862. The molecule has 0 radical (unpaired) electrons. The number of aliphatic hydroxyl groups is 2. The number of H-pyrrole nitrogens is 1. The van der Waals surface area contributed by atoms with Crippen LogP contribution in [0.4, 0.5) is 0 Å². The van der Waals surface area contributed by atoms with Crippen LogP contribution < -0.4 is 5.69 Å². The summed E-state index contributed by atoms with van der Waals surface area (Å²) < 4.78 is 1.94. The first-order chi connectivity index (χ1) is 22.9. The first-order valence-corrected chi connectivity index (χ1v) is 19.1. The number of aromatic amines is 1. The monoisotopic (exact) mass is 667 g/mol. The molecule has 1 aromatic carbocycles. The van der Waals surface area contributed by atoms with Crippen molar-refractivity contribution in [2.24, 2.45) is 33.5 Å². The molecule has 3 aromatic rings. The smallest absolute Gasteiger partial charge is 0.326 e. The number of thiophene rings is 1. The maximum absolute atomic E-state index is 14.7. The summed E-state index contributed by atoms with van der Waals surface area (Å²) in [6, 6.07) is 12.1. The maximum atomic E-state index is 14.7. The first kappa shape index (κ1) is 31.2. The lowest BCUT2D eigenvalue weighted by atomic mass is 9.32. The zero-order chi connectivity index (χ0) is 33.3. The van der Waals surface area contributed by atoms with Crippen molar-refractivity contribution in [3.05, 3.63) is 80.4 Å². The number of nitrogens with zero attached hydrogens (tertiary/aromatic N) is 2. The average molecular weight is 668 g/mol. The van der Waals surface area contributed by atoms with Crippen molar-refractivity contribution in [2.45, 2.75) is 96.3 Å². The molecule has 4 fully saturated rings. The summed E-state index contributed by atoms with van der Waals surface area (Å²) in [5.74, 6) is 0.613. The molecule has 2 spiro atoms. The van der Waals surface area contributed by atoms with E-state index in [2.05, 4.69) is 54.9 Å². The third kappa shape index (κ3) is 3.97. The Kier molecular flexibility index (Phi) is 6.75. The fourth-order valence-corrected chi connectivity index (χ4v) is 13.3. The summed E-state index contributed by atoms with van der Waals surface area (Å²) in [5, 5.41) is 23.8. The Morgan fingerprint density at radius 3 is 2.46 bits per heavy atom. The van der Waals surface area contributed by atoms with Gasteiger partial charge in [0, 0.05) is 52.4 Å². The third-order valence-electron chi connectivity index (χ3n) is 15.0. The lowest BCUT2D eigenvalue weighted by Crippen LogP contribution is -2.67. The van der Waals surface area contributed by atoms with Crippen molar-refractivity contribution < 1.29 is 15.0 Å². The van der Waals surface area contributed by atoms with Crippen molar-refractivity contribution >= 4 is 28.2 Å². The predicted molar refractivity (Wildman–Crippen MR) is 189 cm³/mol. The zero-order valence-electron chi connectivity index (χ0n) is 28.5. The summed E-state index contributed by atoms with van der Waals surface area (Å²) in [6.07, 6.45) is 14.5. The summed E-state index contributed by atoms with van der Waals surface area (Å²) in [4.78, 5) is 35.0. The van der Waals surface area contributed by atoms with Crippen LogP contribution in [0, 0.1) is 40.4 Å². The number of Topliss-reactive ketones (excluding diaryl/α,β-unsaturated/α-hetero) is 1. The quantitative estimate of drug-likeness (QED) is 0.205. The van der Waals surface area contributed by atoms with E-state index in [-0.39, 0.29) is 45.8 Å². The van der Waals surface area contributed by atoms with Crippen molar-refractivity contribution in [3.8, 4) is 0 Å². The number of carbonyl (C=O) groups is 1. The van der Waals surface area contributed by atoms with Crippen LogP contribution in [0.1, 0.15) is 92.2 Å². The number of piperidine rings is 1. The Hall–Kier alpha value is -2.78. The fraction of sp³-hybridized carbons (Fsp3) is 0.600. The molecule has 0 amide bonds. The molecule has 3 N–H and O–H groups in total. The number of rotatable bonds is 5. The van der Waals surface area contributed by atoms with Gasteiger partial charge in [0.15, 0.2) is 5.78 Å². The number of ketones is 1. The van der Waals surface area contributed by atoms with Gasteiger partial charge in [0.2, 0.25) is 0 Å². The van der Waals surface area contributed by atoms with Crippen molar-refractivity contribution in [2.75, 3.05) is 19.6 Å². The predicted octanol–water partition coefficient (Wildman–Crippen LogP) is 6.81. The highest BCUT2D eigenvalue weighted by Gasteiger charge is 2.74. The Morgan fingerprint density at radius 1 is 0.958 bits per heavy atom. The zero-order valence-corrected chi connectivity index (χ0v) is 29.3. The molecule has 3 heterocycles. The molecule has 6 aliphatic carbocycles. The van der Waals surface area contributed by atoms with E-state index in [0.717, 1.165) is 90.8 Å². The number of allylic oxidation sites excluding steroid dienone is 4. The lowest BCUT2D eigenvalue weighted by Gasteiger charge is -2.71. The molecule has 1 unspecified atom stereocenters. The topological polar surface area (TPSA) is 98.6 Å². The first-order valence-electron chi connectivity index (χ1n) is 18.3. The van der Waals surface area contributed by atoms with E-state index in [0.29, 0.717) is 18.9 Å². The van der Waals surface area contributed by atoms with E-state index in [4.69, 9.17) is 0 Å². The molecule has 7 aliphatic rings. The van der Waals surface area contributed by atoms with Gasteiger partial charge in [0.05, 0.1) is 27.6 Å². The van der Waals surface area contributed by atoms with E-state index >= 15 is 0 Å². The van der Waals surface area contributed by atoms with E-state index in [9.17, 15) is 19.8 Å². The molecule has 2 bridgehead atoms. The molecule has 1 aliphatic heterocycles. The summed E-state index contributed by atoms with van der Waals surface area (Å²) in [7, 11) is 0. The van der Waals surface area contributed by atoms with Crippen LogP contribution in [0.2, 0.25) is 0 Å². The summed E-state index contributed by atoms with van der Waals surface area (Å²) in [5.41, 5.74) is 0.790. The second kappa shape index (κ2) is 10.4. The molecule has 10 rings (SSSR count). The van der Waals surface area contributed by atoms with E-state index in [1.807, 2.05) is 34.9 Å². The molecule has 7 nitrogen and oxygen atoms in total. The minimum absolute atomic E-state index is 0.0273. The highest BCUT2D eigenvalue weighted by molar-refractivity contribution is 7.14. The van der Waals surface area contributed by atoms with Gasteiger partial charge < -0.3 is 20.1 Å². The van der Waals surface area contributed by atoms with Gasteiger partial charge in [-0.15, -0.1) is 11.3 Å². The minimum Gasteiger partial charge on any atom is -0.393 e. The number of hydrogen-bond donors (Lipinski definition) is 3. The number of nitrogens with one attached hydrogen (secondary N) is 1. The van der Waals surface area contributed by atoms with E-state index < -0.39 is 11.0 Å². The number of aromatic nitrogens is 2. The number of imidazole rings is 1. The fourth-order valence-electron chi connectivity index (χ4n) is 12.4. The third-order valence-corrected chi connectivity index (χ3v) is 16.0. The van der Waals surface area contributed by atoms with Gasteiger partial charge in [0.1, 0.15) is 0 Å². The highest BCUT2D eigenvalue weighted by Crippen LogP contribution is 2.78. The van der Waals surface area contributed by atoms with Crippen LogP contribution in [0.25, 0.3) is 11.0 Å². The molecular formula is C40H49N3O4S. The summed E-state index contributed by atoms with van der Waals surface area (Å²) in [6.45, 7) is 9.16. The number of aryl methyl sites for hydroxylation is 1. The van der Waals surface area contributed by atoms with Crippen LogP contribution in [-0.2, 0) is 0 Å². The Bertz CT molecular complexity index is 1930. The van der Waals surface area contributed by atoms with E-state index in [1.54, 1.807) is 11.3 Å². The molecule has 3 saturated carbocycles. The summed E-state index contributed by atoms with van der Waals surface area (Å²) >= 11 is 1.58. The Balaban J connectivity index is 1.03. The van der Waals surface area contributed by atoms with Crippen LogP contribution in [0.5, 0.6) is 0 Å². The van der Waals surface area contributed by atoms with Crippen molar-refractivity contribution in [1.82, 2.24) is 14.5 Å². The molecule has 2 aromatic heterocycles. The van der Waals surface area contributed by atoms with Crippen molar-refractivity contribution in [1.29, 1.82) is 0 Å². The second-order valence-electron chi connectivity index (χ2n) is 16.9. The molecule has 8 heteroatoms. The molecular weight excluding hydrogens is 619 g/mol. The van der Waals surface area contributed by atoms with Crippen LogP contribution in [-0.4, -0.2) is 61.8 Å². The number of carbonyl (C=O) groups excluding carboxylic acids is 1. The Labute approximate surface area is 286 Å². The van der Waals surface area contributed by atoms with Gasteiger partial charge in [-0.25, -0.2) is 4.79 Å². The van der Waals surface area contributed by atoms with Crippen LogP contribution in [0.15, 0.2) is 65.0 Å². The van der Waals surface area contributed by atoms with Gasteiger partial charge in [-0.05, 0) is 106 Å². The second-order valence-corrected chi connectivity index (χ2v) is 18.2. The molecule has 48 heavy (non-hydrogen) atoms. The van der Waals surface area contributed by atoms with Gasteiger partial charge in [-0.2, -0.15) is 0 Å². The number of hydrogen-bond acceptors (Lipinski definition) is 6. The van der Waals surface area contributed by atoms with Gasteiger partial charge in [-0.1, -0.05) is 44.2 Å². The normalized spacial score (nSPS) is 40.9. The maximum Gasteiger partial charge on any atom is 0.326 e. The van der Waals surface area contributed by atoms with Crippen LogP contribution >= 0.6 is 11.3 Å². The number of para-hydroxylation sites is 2. The van der Waals surface area contributed by atoms with E-state index in [1.165, 1.54) is 0 Å². The molecule has 1 saturated heterocycles. The SMILES string of the molecule is Cc1ccc(C(=O)C2=C[C@@]34C=C[C@@]25[C@@H]2CC[C@@](O)(CN6CCC(n7c(=O)[nH]c8ccccc87)CC6)[C@@]2(C)CC[C@@H]5[C@@]3(C)CCC(O)C4)s1. The van der Waals surface area contributed by atoms with Gasteiger partial charge in [-0.3, -0.25) is 9.36 Å². The molecule has 8 atom stereocenters. The largest absolute Gasteiger partial charge is 0.393 e.